The number of sulfonamides is 1. The Hall–Kier alpha value is 0.590. The molecule has 0 fully saturated rings. The van der Waals surface area contributed by atoms with E-state index in [1.54, 1.807) is 0 Å². The van der Waals surface area contributed by atoms with E-state index in [0.29, 0.717) is 6.54 Å². The monoisotopic (exact) mass is 383 g/mol. The highest BCUT2D eigenvalue weighted by Crippen LogP contribution is 2.02. The second-order valence-corrected chi connectivity index (χ2v) is 9.05. The first-order valence-electron chi connectivity index (χ1n) is 4.98. The minimum Gasteiger partial charge on any atom is -0.228 e. The number of hydrogen-bond donors (Lipinski definition) is 1. The first-order valence-corrected chi connectivity index (χ1v) is 10.2. The molecule has 0 aromatic rings. The predicted octanol–water partition coefficient (Wildman–Crippen LogP) is 0.903. The molecule has 0 saturated heterocycles. The predicted molar refractivity (Wildman–Crippen MR) is 74.0 cm³/mol. The van der Waals surface area contributed by atoms with Crippen LogP contribution in [0.4, 0.5) is 0 Å². The Kier molecular flexibility index (Phi) is 8.12. The van der Waals surface area contributed by atoms with E-state index in [9.17, 15) is 16.8 Å². The number of hydrogen-bond acceptors (Lipinski definition) is 4. The van der Waals surface area contributed by atoms with Crippen LogP contribution in [0.25, 0.3) is 0 Å². The molecule has 0 bridgehead atoms. The molecule has 16 heavy (non-hydrogen) atoms. The fraction of sp³-hybridized carbons (Fsp3) is 1.00. The standard InChI is InChI=1S/C8H18INO4S2/c1-15(11,12)8-16(13,14)10-7-5-3-2-4-6-9/h10H,2-8H2,1H3. The van der Waals surface area contributed by atoms with E-state index in [4.69, 9.17) is 0 Å². The number of sulfone groups is 1. The molecule has 0 spiro atoms. The Bertz CT molecular complexity index is 377. The maximum atomic E-state index is 11.2. The average Bonchev–Trinajstić information content (AvgIpc) is 2.06. The van der Waals surface area contributed by atoms with E-state index >= 15 is 0 Å². The van der Waals surface area contributed by atoms with Gasteiger partial charge >= 0.3 is 0 Å². The third-order valence-corrected chi connectivity index (χ3v) is 6.11. The molecule has 98 valence electrons. The zero-order valence-electron chi connectivity index (χ0n) is 9.28. The maximum absolute atomic E-state index is 11.2. The number of unbranched alkanes of at least 4 members (excludes halogenated alkanes) is 3. The van der Waals surface area contributed by atoms with Gasteiger partial charge in [0.1, 0.15) is 0 Å². The summed E-state index contributed by atoms with van der Waals surface area (Å²) in [6.07, 6.45) is 4.84. The molecule has 5 nitrogen and oxygen atoms in total. The van der Waals surface area contributed by atoms with Gasteiger partial charge in [-0.05, 0) is 17.3 Å². The van der Waals surface area contributed by atoms with E-state index in [-0.39, 0.29) is 0 Å². The molecule has 0 aliphatic rings. The van der Waals surface area contributed by atoms with Crippen molar-refractivity contribution >= 4 is 42.5 Å². The topological polar surface area (TPSA) is 80.3 Å². The molecule has 0 rings (SSSR count). The maximum Gasteiger partial charge on any atom is 0.226 e. The minimum atomic E-state index is -3.67. The van der Waals surface area contributed by atoms with Gasteiger partial charge in [0.2, 0.25) is 10.0 Å². The van der Waals surface area contributed by atoms with Crippen molar-refractivity contribution in [3.8, 4) is 0 Å². The molecule has 8 heteroatoms. The van der Waals surface area contributed by atoms with Gasteiger partial charge in [-0.25, -0.2) is 21.6 Å². The Balaban J connectivity index is 3.76. The molecule has 0 aromatic carbocycles. The van der Waals surface area contributed by atoms with Gasteiger partial charge in [-0.2, -0.15) is 0 Å². The van der Waals surface area contributed by atoms with Crippen LogP contribution in [0, 0.1) is 0 Å². The van der Waals surface area contributed by atoms with Gasteiger partial charge in [0.25, 0.3) is 0 Å². The SMILES string of the molecule is CS(=O)(=O)CS(=O)(=O)NCCCCCCI. The summed E-state index contributed by atoms with van der Waals surface area (Å²) in [5.74, 6) is 0. The quantitative estimate of drug-likeness (QED) is 0.365. The highest BCUT2D eigenvalue weighted by Gasteiger charge is 2.16. The van der Waals surface area contributed by atoms with Crippen LogP contribution in [0.1, 0.15) is 25.7 Å². The van der Waals surface area contributed by atoms with Crippen molar-refractivity contribution in [1.82, 2.24) is 4.72 Å². The molecule has 0 unspecified atom stereocenters. The summed E-state index contributed by atoms with van der Waals surface area (Å²) < 4.78 is 47.5. The van der Waals surface area contributed by atoms with E-state index in [1.165, 1.54) is 0 Å². The zero-order valence-corrected chi connectivity index (χ0v) is 13.1. The lowest BCUT2D eigenvalue weighted by Gasteiger charge is -2.05. The minimum absolute atomic E-state index is 0.319. The fourth-order valence-corrected chi connectivity index (χ4v) is 4.71. The van der Waals surface area contributed by atoms with Crippen LogP contribution in [0.3, 0.4) is 0 Å². The van der Waals surface area contributed by atoms with Crippen molar-refractivity contribution in [2.75, 3.05) is 22.3 Å². The largest absolute Gasteiger partial charge is 0.228 e. The van der Waals surface area contributed by atoms with Gasteiger partial charge in [0.15, 0.2) is 14.9 Å². The van der Waals surface area contributed by atoms with Crippen molar-refractivity contribution in [3.63, 3.8) is 0 Å². The Morgan fingerprint density at radius 3 is 2.06 bits per heavy atom. The van der Waals surface area contributed by atoms with Crippen molar-refractivity contribution in [3.05, 3.63) is 0 Å². The second kappa shape index (κ2) is 7.83. The molecule has 0 aliphatic carbocycles. The zero-order chi connectivity index (χ0) is 12.7. The van der Waals surface area contributed by atoms with Crippen molar-refractivity contribution in [1.29, 1.82) is 0 Å². The van der Waals surface area contributed by atoms with Gasteiger partial charge < -0.3 is 0 Å². The molecule has 0 radical (unpaired) electrons. The summed E-state index contributed by atoms with van der Waals surface area (Å²) in [6, 6.07) is 0. The van der Waals surface area contributed by atoms with Crippen molar-refractivity contribution in [2.24, 2.45) is 0 Å². The van der Waals surface area contributed by atoms with E-state index in [2.05, 4.69) is 27.3 Å². The van der Waals surface area contributed by atoms with Gasteiger partial charge in [0, 0.05) is 12.8 Å². The highest BCUT2D eigenvalue weighted by atomic mass is 127. The fourth-order valence-electron chi connectivity index (χ4n) is 1.12. The molecule has 0 aliphatic heterocycles. The van der Waals surface area contributed by atoms with Crippen LogP contribution in [-0.4, -0.2) is 39.1 Å². The molecule has 0 saturated carbocycles. The van der Waals surface area contributed by atoms with Crippen LogP contribution in [0.5, 0.6) is 0 Å². The summed E-state index contributed by atoms with van der Waals surface area (Å²) in [6.45, 7) is 0.319. The van der Waals surface area contributed by atoms with Gasteiger partial charge in [0.05, 0.1) is 0 Å². The Morgan fingerprint density at radius 1 is 1.00 bits per heavy atom. The molecular weight excluding hydrogens is 365 g/mol. The molecule has 1 N–H and O–H groups in total. The second-order valence-electron chi connectivity index (χ2n) is 3.66. The third-order valence-electron chi connectivity index (χ3n) is 1.75. The summed E-state index contributed by atoms with van der Waals surface area (Å²) in [7, 11) is -7.16. The number of rotatable bonds is 9. The van der Waals surface area contributed by atoms with Crippen LogP contribution in [0.15, 0.2) is 0 Å². The summed E-state index contributed by atoms with van der Waals surface area (Å²) in [5.41, 5.74) is 0. The van der Waals surface area contributed by atoms with Gasteiger partial charge in [-0.3, -0.25) is 0 Å². The van der Waals surface area contributed by atoms with Crippen molar-refractivity contribution in [2.45, 2.75) is 25.7 Å². The number of nitrogens with one attached hydrogen (secondary N) is 1. The molecule has 0 aromatic heterocycles. The molecule has 0 amide bonds. The van der Waals surface area contributed by atoms with Crippen LogP contribution in [0.2, 0.25) is 0 Å². The summed E-state index contributed by atoms with van der Waals surface area (Å²) in [5, 5.41) is -0.826. The lowest BCUT2D eigenvalue weighted by molar-refractivity contribution is 0.574. The number of halogens is 1. The third kappa shape index (κ3) is 11.1. The van der Waals surface area contributed by atoms with Crippen molar-refractivity contribution < 1.29 is 16.8 Å². The lowest BCUT2D eigenvalue weighted by atomic mass is 10.2. The first-order chi connectivity index (χ1) is 7.27. The Labute approximate surface area is 111 Å². The van der Waals surface area contributed by atoms with Crippen LogP contribution >= 0.6 is 22.6 Å². The molecule has 0 atom stereocenters. The van der Waals surface area contributed by atoms with Gasteiger partial charge in [-0.1, -0.05) is 35.4 Å². The normalized spacial score (nSPS) is 12.9. The smallest absolute Gasteiger partial charge is 0.226 e. The first kappa shape index (κ1) is 16.6. The van der Waals surface area contributed by atoms with Gasteiger partial charge in [-0.15, -0.1) is 0 Å². The Morgan fingerprint density at radius 2 is 1.56 bits per heavy atom. The molecular formula is C8H18INO4S2. The highest BCUT2D eigenvalue weighted by molar-refractivity contribution is 14.1. The van der Waals surface area contributed by atoms with E-state index < -0.39 is 24.9 Å². The summed E-state index contributed by atoms with van der Waals surface area (Å²) in [4.78, 5) is 0. The van der Waals surface area contributed by atoms with Crippen LogP contribution in [-0.2, 0) is 19.9 Å². The van der Waals surface area contributed by atoms with E-state index in [0.717, 1.165) is 36.4 Å². The average molecular weight is 383 g/mol. The number of alkyl halides is 1. The van der Waals surface area contributed by atoms with Crippen LogP contribution < -0.4 is 4.72 Å². The lowest BCUT2D eigenvalue weighted by Crippen LogP contribution is -2.30. The van der Waals surface area contributed by atoms with E-state index in [1.807, 2.05) is 0 Å². The molecule has 0 heterocycles. The summed E-state index contributed by atoms with van der Waals surface area (Å²) >= 11 is 2.30.